The zero-order chi connectivity index (χ0) is 17.7. The molecule has 1 aliphatic rings. The van der Waals surface area contributed by atoms with Crippen LogP contribution in [0, 0.1) is 6.92 Å². The molecule has 1 aromatic heterocycles. The lowest BCUT2D eigenvalue weighted by molar-refractivity contribution is -0.136. The molecule has 0 radical (unpaired) electrons. The van der Waals surface area contributed by atoms with Gasteiger partial charge in [0.25, 0.3) is 0 Å². The average Bonchev–Trinajstić information content (AvgIpc) is 2.91. The van der Waals surface area contributed by atoms with E-state index in [2.05, 4.69) is 47.0 Å². The first-order valence-electron chi connectivity index (χ1n) is 9.12. The van der Waals surface area contributed by atoms with E-state index in [9.17, 15) is 4.79 Å². The number of aryl methyl sites for hydroxylation is 1. The Morgan fingerprint density at radius 3 is 2.17 bits per heavy atom. The molecule has 1 saturated heterocycles. The van der Waals surface area contributed by atoms with Gasteiger partial charge in [0.1, 0.15) is 5.82 Å². The van der Waals surface area contributed by atoms with E-state index in [0.717, 1.165) is 45.1 Å². The number of carbonyl (C=O) groups is 1. The number of aromatic nitrogens is 2. The fraction of sp³-hybridized carbons (Fsp3) is 0.778. The quantitative estimate of drug-likeness (QED) is 0.757. The minimum atomic E-state index is 0.252. The third kappa shape index (κ3) is 5.05. The van der Waals surface area contributed by atoms with Crippen LogP contribution in [0.4, 0.5) is 0 Å². The van der Waals surface area contributed by atoms with Crippen LogP contribution in [0.1, 0.15) is 33.5 Å². The molecule has 1 aromatic rings. The van der Waals surface area contributed by atoms with Crippen LogP contribution in [-0.4, -0.2) is 81.5 Å². The van der Waals surface area contributed by atoms with Gasteiger partial charge in [0.15, 0.2) is 0 Å². The van der Waals surface area contributed by atoms with Crippen LogP contribution >= 0.6 is 0 Å². The Bertz CT molecular complexity index is 509. The van der Waals surface area contributed by atoms with Gasteiger partial charge in [-0.3, -0.25) is 14.6 Å². The van der Waals surface area contributed by atoms with E-state index in [0.29, 0.717) is 6.54 Å². The molecule has 0 saturated carbocycles. The summed E-state index contributed by atoms with van der Waals surface area (Å²) in [5.41, 5.74) is 0. The number of nitrogens with zero attached hydrogens (tertiary/aromatic N) is 5. The first-order chi connectivity index (χ1) is 11.4. The van der Waals surface area contributed by atoms with Crippen LogP contribution in [0.15, 0.2) is 12.4 Å². The summed E-state index contributed by atoms with van der Waals surface area (Å²) < 4.78 is 2.19. The van der Waals surface area contributed by atoms with E-state index in [-0.39, 0.29) is 18.0 Å². The Balaban J connectivity index is 1.74. The van der Waals surface area contributed by atoms with Crippen LogP contribution < -0.4 is 0 Å². The van der Waals surface area contributed by atoms with Gasteiger partial charge in [-0.05, 0) is 34.6 Å². The highest BCUT2D eigenvalue weighted by Crippen LogP contribution is 2.09. The number of amides is 1. The van der Waals surface area contributed by atoms with E-state index in [4.69, 9.17) is 0 Å². The molecular formula is C18H33N5O. The van der Waals surface area contributed by atoms with Crippen molar-refractivity contribution in [1.82, 2.24) is 24.3 Å². The highest BCUT2D eigenvalue weighted by atomic mass is 16.2. The zero-order valence-electron chi connectivity index (χ0n) is 15.9. The highest BCUT2D eigenvalue weighted by molar-refractivity contribution is 5.78. The van der Waals surface area contributed by atoms with E-state index in [1.165, 1.54) is 0 Å². The smallest absolute Gasteiger partial charge is 0.237 e. The molecule has 0 unspecified atom stereocenters. The summed E-state index contributed by atoms with van der Waals surface area (Å²) in [5, 5.41) is 0. The van der Waals surface area contributed by atoms with E-state index >= 15 is 0 Å². The van der Waals surface area contributed by atoms with Crippen LogP contribution in [0.2, 0.25) is 0 Å². The van der Waals surface area contributed by atoms with Crippen molar-refractivity contribution in [1.29, 1.82) is 0 Å². The summed E-state index contributed by atoms with van der Waals surface area (Å²) in [6, 6.07) is 0.523. The highest BCUT2D eigenvalue weighted by Gasteiger charge is 2.24. The fourth-order valence-corrected chi connectivity index (χ4v) is 3.51. The van der Waals surface area contributed by atoms with Crippen molar-refractivity contribution >= 4 is 5.91 Å². The molecule has 1 amide bonds. The van der Waals surface area contributed by atoms with Crippen LogP contribution in [-0.2, 0) is 11.3 Å². The molecule has 0 spiro atoms. The van der Waals surface area contributed by atoms with Crippen LogP contribution in [0.5, 0.6) is 0 Å². The standard InChI is InChI=1S/C18H33N5O/c1-15(2)23(16(3)4)18(24)14-21-10-8-20(9-11-21)12-13-22-7-6-19-17(22)5/h6-7,15-16H,8-14H2,1-5H3. The number of hydrogen-bond acceptors (Lipinski definition) is 4. The predicted molar refractivity (Wildman–Crippen MR) is 97.0 cm³/mol. The predicted octanol–water partition coefficient (Wildman–Crippen LogP) is 1.45. The second-order valence-corrected chi connectivity index (χ2v) is 7.27. The van der Waals surface area contributed by atoms with Crippen molar-refractivity contribution in [3.05, 3.63) is 18.2 Å². The fourth-order valence-electron chi connectivity index (χ4n) is 3.51. The summed E-state index contributed by atoms with van der Waals surface area (Å²) in [5.74, 6) is 1.32. The summed E-state index contributed by atoms with van der Waals surface area (Å²) in [6.45, 7) is 17.0. The van der Waals surface area contributed by atoms with Gasteiger partial charge in [-0.25, -0.2) is 4.98 Å². The Morgan fingerprint density at radius 2 is 1.67 bits per heavy atom. The van der Waals surface area contributed by atoms with Crippen LogP contribution in [0.3, 0.4) is 0 Å². The van der Waals surface area contributed by atoms with Crippen molar-refractivity contribution < 1.29 is 4.79 Å². The van der Waals surface area contributed by atoms with Gasteiger partial charge in [0.05, 0.1) is 6.54 Å². The van der Waals surface area contributed by atoms with Gasteiger partial charge in [0.2, 0.25) is 5.91 Å². The lowest BCUT2D eigenvalue weighted by Crippen LogP contribution is -2.52. The maximum absolute atomic E-state index is 12.6. The first-order valence-corrected chi connectivity index (χ1v) is 9.12. The Morgan fingerprint density at radius 1 is 1.08 bits per heavy atom. The second-order valence-electron chi connectivity index (χ2n) is 7.27. The molecule has 1 fully saturated rings. The molecule has 0 atom stereocenters. The van der Waals surface area contributed by atoms with Gasteiger partial charge < -0.3 is 9.47 Å². The second kappa shape index (κ2) is 8.62. The molecule has 0 aliphatic carbocycles. The van der Waals surface area contributed by atoms with E-state index < -0.39 is 0 Å². The van der Waals surface area contributed by atoms with Crippen molar-refractivity contribution in [3.63, 3.8) is 0 Å². The summed E-state index contributed by atoms with van der Waals surface area (Å²) in [4.78, 5) is 23.6. The monoisotopic (exact) mass is 335 g/mol. The van der Waals surface area contributed by atoms with Gasteiger partial charge in [-0.2, -0.15) is 0 Å². The molecule has 6 nitrogen and oxygen atoms in total. The third-order valence-electron chi connectivity index (χ3n) is 4.81. The minimum absolute atomic E-state index is 0.252. The largest absolute Gasteiger partial charge is 0.337 e. The zero-order valence-corrected chi connectivity index (χ0v) is 15.9. The Labute approximate surface area is 146 Å². The molecular weight excluding hydrogens is 302 g/mol. The van der Waals surface area contributed by atoms with E-state index in [1.54, 1.807) is 0 Å². The lowest BCUT2D eigenvalue weighted by Gasteiger charge is -2.37. The Hall–Kier alpha value is -1.40. The van der Waals surface area contributed by atoms with Crippen molar-refractivity contribution in [2.24, 2.45) is 0 Å². The lowest BCUT2D eigenvalue weighted by atomic mass is 10.2. The maximum atomic E-state index is 12.6. The maximum Gasteiger partial charge on any atom is 0.237 e. The van der Waals surface area contributed by atoms with Gasteiger partial charge in [0, 0.05) is 63.7 Å². The third-order valence-corrected chi connectivity index (χ3v) is 4.81. The molecule has 0 bridgehead atoms. The van der Waals surface area contributed by atoms with Crippen molar-refractivity contribution in [2.75, 3.05) is 39.3 Å². The summed E-state index contributed by atoms with van der Waals surface area (Å²) in [6.07, 6.45) is 3.89. The summed E-state index contributed by atoms with van der Waals surface area (Å²) >= 11 is 0. The number of rotatable bonds is 7. The SMILES string of the molecule is Cc1nccn1CCN1CCN(CC(=O)N(C(C)C)C(C)C)CC1. The van der Waals surface area contributed by atoms with Crippen molar-refractivity contribution in [2.45, 2.75) is 53.2 Å². The van der Waals surface area contributed by atoms with Gasteiger partial charge in [-0.1, -0.05) is 0 Å². The number of piperazine rings is 1. The molecule has 0 aromatic carbocycles. The number of imidazole rings is 1. The molecule has 2 heterocycles. The topological polar surface area (TPSA) is 44.6 Å². The normalized spacial score (nSPS) is 17.0. The summed E-state index contributed by atoms with van der Waals surface area (Å²) in [7, 11) is 0. The van der Waals surface area contributed by atoms with Crippen molar-refractivity contribution in [3.8, 4) is 0 Å². The first kappa shape index (κ1) is 18.9. The average molecular weight is 335 g/mol. The molecule has 6 heteroatoms. The molecule has 1 aliphatic heterocycles. The molecule has 2 rings (SSSR count). The number of carbonyl (C=O) groups excluding carboxylic acids is 1. The number of hydrogen-bond donors (Lipinski definition) is 0. The van der Waals surface area contributed by atoms with Crippen LogP contribution in [0.25, 0.3) is 0 Å². The molecule has 24 heavy (non-hydrogen) atoms. The molecule has 0 N–H and O–H groups in total. The minimum Gasteiger partial charge on any atom is -0.337 e. The van der Waals surface area contributed by atoms with E-state index in [1.807, 2.05) is 24.2 Å². The van der Waals surface area contributed by atoms with Gasteiger partial charge in [-0.15, -0.1) is 0 Å². The Kier molecular flexibility index (Phi) is 6.80. The van der Waals surface area contributed by atoms with Gasteiger partial charge >= 0.3 is 0 Å². The molecule has 136 valence electrons.